The first-order valence-electron chi connectivity index (χ1n) is 14.5. The lowest BCUT2D eigenvalue weighted by molar-refractivity contribution is 0.583. The molecule has 0 aliphatic heterocycles. The Morgan fingerprint density at radius 3 is 1.62 bits per heavy atom. The smallest absolute Gasteiger partial charge is 0.195 e. The minimum Gasteiger partial charge on any atom is -0.459 e. The second-order valence-corrected chi connectivity index (χ2v) is 11.2. The molecule has 0 saturated carbocycles. The van der Waals surface area contributed by atoms with Gasteiger partial charge in [-0.05, 0) is 23.6 Å². The Bertz CT molecular complexity index is 2850. The van der Waals surface area contributed by atoms with Crippen molar-refractivity contribution in [2.75, 3.05) is 0 Å². The number of nitrogens with zero attached hydrogens (tertiary/aromatic N) is 5. The largest absolute Gasteiger partial charge is 0.459 e. The number of hydrogen-bond donors (Lipinski definition) is 0. The van der Waals surface area contributed by atoms with E-state index in [0.717, 1.165) is 94.0 Å². The zero-order chi connectivity index (χ0) is 29.2. The molecule has 45 heavy (non-hydrogen) atoms. The van der Waals surface area contributed by atoms with Crippen molar-refractivity contribution >= 4 is 77.0 Å². The first kappa shape index (κ1) is 23.0. The van der Waals surface area contributed by atoms with E-state index in [1.165, 1.54) is 0 Å². The number of aromatic nitrogens is 5. The molecule has 3 aromatic carbocycles. The second kappa shape index (κ2) is 8.12. The predicted molar refractivity (Wildman–Crippen MR) is 172 cm³/mol. The van der Waals surface area contributed by atoms with Gasteiger partial charge in [-0.2, -0.15) is 0 Å². The summed E-state index contributed by atoms with van der Waals surface area (Å²) in [6.45, 7) is 0. The third-order valence-corrected chi connectivity index (χ3v) is 8.99. The van der Waals surface area contributed by atoms with Crippen molar-refractivity contribution in [3.8, 4) is 17.1 Å². The van der Waals surface area contributed by atoms with Crippen molar-refractivity contribution in [2.45, 2.75) is 0 Å². The summed E-state index contributed by atoms with van der Waals surface area (Å²) in [6.07, 6.45) is 12.1. The molecule has 212 valence electrons. The first-order chi connectivity index (χ1) is 22.3. The topological polar surface area (TPSA) is 93.1 Å². The molecular formula is C36H19N5O4. The van der Waals surface area contributed by atoms with Gasteiger partial charge < -0.3 is 31.4 Å². The van der Waals surface area contributed by atoms with Gasteiger partial charge in [-0.25, -0.2) is 9.97 Å². The van der Waals surface area contributed by atoms with Crippen LogP contribution in [0, 0.1) is 0 Å². The number of benzene rings is 3. The summed E-state index contributed by atoms with van der Waals surface area (Å²) >= 11 is 0. The zero-order valence-electron chi connectivity index (χ0n) is 23.3. The van der Waals surface area contributed by atoms with Crippen LogP contribution in [0.2, 0.25) is 0 Å². The Kier molecular flexibility index (Phi) is 4.15. The van der Waals surface area contributed by atoms with Gasteiger partial charge in [0.1, 0.15) is 6.33 Å². The van der Waals surface area contributed by atoms with Crippen LogP contribution >= 0.6 is 0 Å². The molecule has 0 fully saturated rings. The third kappa shape index (κ3) is 2.82. The lowest BCUT2D eigenvalue weighted by atomic mass is 10.0. The molecule has 0 atom stereocenters. The highest BCUT2D eigenvalue weighted by molar-refractivity contribution is 6.24. The Hall–Kier alpha value is -6.48. The maximum atomic E-state index is 5.88. The quantitative estimate of drug-likeness (QED) is 0.205. The van der Waals surface area contributed by atoms with Gasteiger partial charge in [0.2, 0.25) is 0 Å². The van der Waals surface area contributed by atoms with Crippen LogP contribution < -0.4 is 0 Å². The summed E-state index contributed by atoms with van der Waals surface area (Å²) in [5.41, 5.74) is 11.6. The van der Waals surface area contributed by atoms with Crippen LogP contribution in [0.25, 0.3) is 94.0 Å². The first-order valence-corrected chi connectivity index (χ1v) is 14.5. The highest BCUT2D eigenvalue weighted by Gasteiger charge is 2.24. The highest BCUT2D eigenvalue weighted by atomic mass is 16.4. The maximum absolute atomic E-state index is 5.88. The van der Waals surface area contributed by atoms with Crippen molar-refractivity contribution in [3.63, 3.8) is 0 Å². The van der Waals surface area contributed by atoms with Crippen molar-refractivity contribution in [2.24, 2.45) is 0 Å². The molecule has 0 spiro atoms. The van der Waals surface area contributed by atoms with Gasteiger partial charge in [0.15, 0.2) is 22.3 Å². The van der Waals surface area contributed by atoms with E-state index in [1.54, 1.807) is 31.4 Å². The van der Waals surface area contributed by atoms with E-state index in [2.05, 4.69) is 72.2 Å². The summed E-state index contributed by atoms with van der Waals surface area (Å²) < 4.78 is 30.0. The molecule has 0 aliphatic carbocycles. The molecule has 0 N–H and O–H groups in total. The minimum atomic E-state index is 0.726. The second-order valence-electron chi connectivity index (χ2n) is 11.2. The van der Waals surface area contributed by atoms with Crippen molar-refractivity contribution < 1.29 is 17.7 Å². The van der Waals surface area contributed by atoms with E-state index >= 15 is 0 Å². The minimum absolute atomic E-state index is 0.726. The Labute approximate surface area is 251 Å². The predicted octanol–water partition coefficient (Wildman–Crippen LogP) is 9.29. The molecule has 0 unspecified atom stereocenters. The lowest BCUT2D eigenvalue weighted by Gasteiger charge is -2.13. The summed E-state index contributed by atoms with van der Waals surface area (Å²) in [6, 6.07) is 25.3. The molecule has 9 nitrogen and oxygen atoms in total. The average Bonchev–Trinajstić information content (AvgIpc) is 3.91. The van der Waals surface area contributed by atoms with Crippen LogP contribution in [-0.4, -0.2) is 23.7 Å². The Morgan fingerprint density at radius 1 is 0.444 bits per heavy atom. The average molecular weight is 586 g/mol. The standard InChI is InChI=1S/C36H19N5O4/c1-2-4-23-22(3-1)30(41-27-9-13-44-35(27)36-28(41)10-14-45-36)16-31-32(23)24-6-5-20(15-29(24)40(31)21-17-37-19-38-18-21)39-25-7-11-42-33(25)34-26(39)8-12-43-34/h1-19H. The molecule has 9 heteroatoms. The molecule has 8 aromatic heterocycles. The van der Waals surface area contributed by atoms with E-state index < -0.39 is 0 Å². The molecular weight excluding hydrogens is 566 g/mol. The van der Waals surface area contributed by atoms with Gasteiger partial charge in [0, 0.05) is 46.1 Å². The van der Waals surface area contributed by atoms with Crippen molar-refractivity contribution in [1.82, 2.24) is 23.7 Å². The lowest BCUT2D eigenvalue weighted by Crippen LogP contribution is -1.99. The summed E-state index contributed by atoms with van der Waals surface area (Å²) in [7, 11) is 0. The molecule has 0 bridgehead atoms. The fourth-order valence-electron chi connectivity index (χ4n) is 7.25. The van der Waals surface area contributed by atoms with E-state index in [1.807, 2.05) is 36.7 Å². The Balaban J connectivity index is 1.31. The number of hydrogen-bond acceptors (Lipinski definition) is 6. The zero-order valence-corrected chi connectivity index (χ0v) is 23.3. The van der Waals surface area contributed by atoms with Crippen molar-refractivity contribution in [1.29, 1.82) is 0 Å². The third-order valence-electron chi connectivity index (χ3n) is 8.99. The molecule has 0 amide bonds. The van der Waals surface area contributed by atoms with Crippen LogP contribution in [0.5, 0.6) is 0 Å². The van der Waals surface area contributed by atoms with Gasteiger partial charge >= 0.3 is 0 Å². The molecule has 0 radical (unpaired) electrons. The highest BCUT2D eigenvalue weighted by Crippen LogP contribution is 2.43. The monoisotopic (exact) mass is 585 g/mol. The van der Waals surface area contributed by atoms with Gasteiger partial charge in [-0.15, -0.1) is 0 Å². The van der Waals surface area contributed by atoms with Gasteiger partial charge in [0.05, 0.1) is 81.9 Å². The fraction of sp³-hybridized carbons (Fsp3) is 0. The van der Waals surface area contributed by atoms with Gasteiger partial charge in [-0.1, -0.05) is 30.3 Å². The summed E-state index contributed by atoms with van der Waals surface area (Å²) in [5.74, 6) is 0. The van der Waals surface area contributed by atoms with Crippen LogP contribution in [0.4, 0.5) is 0 Å². The van der Waals surface area contributed by atoms with Crippen LogP contribution in [-0.2, 0) is 0 Å². The molecule has 0 aliphatic rings. The number of fused-ring (bicyclic) bond motifs is 11. The molecule has 11 rings (SSSR count). The summed E-state index contributed by atoms with van der Waals surface area (Å²) in [5, 5.41) is 4.52. The maximum Gasteiger partial charge on any atom is 0.195 e. The number of furan rings is 4. The fourth-order valence-corrected chi connectivity index (χ4v) is 7.25. The molecule has 0 saturated heterocycles. The van der Waals surface area contributed by atoms with Gasteiger partial charge in [-0.3, -0.25) is 0 Å². The SMILES string of the molecule is c1ccc2c(c1)c(-n1c3ccoc3c3occc31)cc1c2c2ccc(-n3c4ccoc4c4occc43)cc2n1-c1cncnc1. The van der Waals surface area contributed by atoms with E-state index in [0.29, 0.717) is 0 Å². The van der Waals surface area contributed by atoms with E-state index in [9.17, 15) is 0 Å². The van der Waals surface area contributed by atoms with Crippen LogP contribution in [0.15, 0.2) is 134 Å². The Morgan fingerprint density at radius 2 is 1.00 bits per heavy atom. The van der Waals surface area contributed by atoms with Gasteiger partial charge in [0.25, 0.3) is 0 Å². The molecule has 11 aromatic rings. The van der Waals surface area contributed by atoms with Crippen LogP contribution in [0.1, 0.15) is 0 Å². The normalized spacial score (nSPS) is 12.4. The molecule has 8 heterocycles. The number of rotatable bonds is 3. The summed E-state index contributed by atoms with van der Waals surface area (Å²) in [4.78, 5) is 8.81. The van der Waals surface area contributed by atoms with E-state index in [-0.39, 0.29) is 0 Å². The van der Waals surface area contributed by atoms with Crippen LogP contribution in [0.3, 0.4) is 0 Å². The van der Waals surface area contributed by atoms with E-state index in [4.69, 9.17) is 17.7 Å². The van der Waals surface area contributed by atoms with Crippen molar-refractivity contribution in [3.05, 3.63) is 117 Å².